The van der Waals surface area contributed by atoms with Gasteiger partial charge in [0.05, 0.1) is 17.5 Å². The Balaban J connectivity index is 1.61. The van der Waals surface area contributed by atoms with E-state index in [4.69, 9.17) is 4.42 Å². The molecule has 0 saturated carbocycles. The van der Waals surface area contributed by atoms with E-state index in [1.54, 1.807) is 23.6 Å². The lowest BCUT2D eigenvalue weighted by molar-refractivity contribution is -0.402. The lowest BCUT2D eigenvalue weighted by atomic mass is 10.2. The van der Waals surface area contributed by atoms with E-state index in [1.165, 1.54) is 28.7 Å². The third kappa shape index (κ3) is 3.42. The Hall–Kier alpha value is -2.78. The zero-order valence-electron chi connectivity index (χ0n) is 12.1. The zero-order chi connectivity index (χ0) is 17.1. The van der Waals surface area contributed by atoms with Crippen LogP contribution in [0.3, 0.4) is 0 Å². The summed E-state index contributed by atoms with van der Waals surface area (Å²) < 4.78 is 4.83. The lowest BCUT2D eigenvalue weighted by Gasteiger charge is -2.00. The first-order chi connectivity index (χ1) is 11.5. The molecule has 0 aliphatic heterocycles. The predicted molar refractivity (Wildman–Crippen MR) is 88.6 cm³/mol. The van der Waals surface area contributed by atoms with Crippen LogP contribution in [-0.4, -0.2) is 16.6 Å². The van der Waals surface area contributed by atoms with Crippen LogP contribution in [-0.2, 0) is 6.54 Å². The second-order valence-electron chi connectivity index (χ2n) is 4.68. The summed E-state index contributed by atoms with van der Waals surface area (Å²) in [7, 11) is 0. The Morgan fingerprint density at radius 3 is 2.71 bits per heavy atom. The van der Waals surface area contributed by atoms with Crippen LogP contribution < -0.4 is 5.32 Å². The fraction of sp³-hybridized carbons (Fsp3) is 0.0667. The minimum Gasteiger partial charge on any atom is -0.395 e. The van der Waals surface area contributed by atoms with E-state index in [9.17, 15) is 19.7 Å². The number of furan rings is 1. The molecule has 24 heavy (non-hydrogen) atoms. The molecule has 0 atom stereocenters. The largest absolute Gasteiger partial charge is 0.433 e. The Morgan fingerprint density at radius 2 is 2.04 bits per heavy atom. The molecule has 3 rings (SSSR count). The molecule has 3 aromatic heterocycles. The molecule has 1 amide bonds. The summed E-state index contributed by atoms with van der Waals surface area (Å²) in [6.07, 6.45) is 0. The second kappa shape index (κ2) is 6.77. The van der Waals surface area contributed by atoms with Gasteiger partial charge in [0.1, 0.15) is 4.92 Å². The van der Waals surface area contributed by atoms with E-state index in [2.05, 4.69) is 5.32 Å². The highest BCUT2D eigenvalue weighted by Gasteiger charge is 2.17. The maximum absolute atomic E-state index is 12.2. The van der Waals surface area contributed by atoms with Gasteiger partial charge in [0.15, 0.2) is 5.76 Å². The molecular formula is C15H10N2O5S2. The SMILES string of the molecule is O=C(NCc1ccc(C(=O)c2ccsc2)s1)c1ccc([N+](=O)[O-])o1. The maximum Gasteiger partial charge on any atom is 0.433 e. The van der Waals surface area contributed by atoms with Crippen LogP contribution in [0, 0.1) is 10.1 Å². The number of ketones is 1. The Labute approximate surface area is 143 Å². The third-order valence-corrected chi connectivity index (χ3v) is 4.85. The average Bonchev–Trinajstić information content (AvgIpc) is 3.33. The molecule has 0 bridgehead atoms. The Bertz CT molecular complexity index is 895. The molecular weight excluding hydrogens is 352 g/mol. The minimum absolute atomic E-state index is 0.0551. The van der Waals surface area contributed by atoms with Crippen molar-refractivity contribution in [1.82, 2.24) is 5.32 Å². The van der Waals surface area contributed by atoms with Gasteiger partial charge in [-0.1, -0.05) is 0 Å². The molecule has 0 aromatic carbocycles. The van der Waals surface area contributed by atoms with Gasteiger partial charge in [-0.15, -0.1) is 11.3 Å². The highest BCUT2D eigenvalue weighted by atomic mass is 32.1. The fourth-order valence-corrected chi connectivity index (χ4v) is 3.48. The van der Waals surface area contributed by atoms with Crippen molar-refractivity contribution in [1.29, 1.82) is 0 Å². The predicted octanol–water partition coefficient (Wildman–Crippen LogP) is 3.47. The summed E-state index contributed by atoms with van der Waals surface area (Å²) in [5.74, 6) is -1.23. The molecule has 0 aliphatic rings. The Morgan fingerprint density at radius 1 is 1.21 bits per heavy atom. The monoisotopic (exact) mass is 362 g/mol. The molecule has 9 heteroatoms. The smallest absolute Gasteiger partial charge is 0.395 e. The van der Waals surface area contributed by atoms with Gasteiger partial charge in [0.25, 0.3) is 5.91 Å². The fourth-order valence-electron chi connectivity index (χ4n) is 1.93. The molecule has 1 N–H and O–H groups in total. The molecule has 0 spiro atoms. The summed E-state index contributed by atoms with van der Waals surface area (Å²) in [4.78, 5) is 35.3. The summed E-state index contributed by atoms with van der Waals surface area (Å²) in [5.41, 5.74) is 0.639. The molecule has 7 nitrogen and oxygen atoms in total. The second-order valence-corrected chi connectivity index (χ2v) is 6.63. The standard InChI is InChI=1S/C15H10N2O5S2/c18-14(9-5-6-23-8-9)12-3-1-10(24-12)7-16-15(19)11-2-4-13(22-11)17(20)21/h1-6,8H,7H2,(H,16,19). The van der Waals surface area contributed by atoms with Gasteiger partial charge in [0.2, 0.25) is 5.78 Å². The molecule has 3 heterocycles. The molecule has 0 aliphatic carbocycles. The third-order valence-electron chi connectivity index (χ3n) is 3.09. The van der Waals surface area contributed by atoms with Gasteiger partial charge in [-0.3, -0.25) is 19.7 Å². The quantitative estimate of drug-likeness (QED) is 0.411. The van der Waals surface area contributed by atoms with Crippen LogP contribution in [0.2, 0.25) is 0 Å². The number of hydrogen-bond acceptors (Lipinski definition) is 7. The molecule has 0 saturated heterocycles. The minimum atomic E-state index is -0.710. The molecule has 0 radical (unpaired) electrons. The number of thiophene rings is 2. The van der Waals surface area contributed by atoms with Crippen LogP contribution in [0.1, 0.15) is 30.7 Å². The van der Waals surface area contributed by atoms with Gasteiger partial charge in [-0.25, -0.2) is 0 Å². The van der Waals surface area contributed by atoms with Crippen molar-refractivity contribution < 1.29 is 18.9 Å². The van der Waals surface area contributed by atoms with Crippen molar-refractivity contribution in [3.63, 3.8) is 0 Å². The van der Waals surface area contributed by atoms with Crippen LogP contribution >= 0.6 is 22.7 Å². The summed E-state index contributed by atoms with van der Waals surface area (Å²) in [6.45, 7) is 0.203. The number of amides is 1. The van der Waals surface area contributed by atoms with E-state index >= 15 is 0 Å². The first kappa shape index (κ1) is 16.1. The van der Waals surface area contributed by atoms with Gasteiger partial charge >= 0.3 is 5.88 Å². The highest BCUT2D eigenvalue weighted by molar-refractivity contribution is 7.14. The zero-order valence-corrected chi connectivity index (χ0v) is 13.7. The van der Waals surface area contributed by atoms with Crippen molar-refractivity contribution in [2.75, 3.05) is 0 Å². The van der Waals surface area contributed by atoms with Crippen molar-refractivity contribution in [2.24, 2.45) is 0 Å². The van der Waals surface area contributed by atoms with E-state index in [-0.39, 0.29) is 18.1 Å². The van der Waals surface area contributed by atoms with E-state index in [0.717, 1.165) is 10.9 Å². The van der Waals surface area contributed by atoms with Gasteiger partial charge in [-0.05, 0) is 29.6 Å². The van der Waals surface area contributed by atoms with Crippen LogP contribution in [0.4, 0.5) is 5.88 Å². The lowest BCUT2D eigenvalue weighted by Crippen LogP contribution is -2.21. The van der Waals surface area contributed by atoms with Crippen molar-refractivity contribution >= 4 is 40.2 Å². The van der Waals surface area contributed by atoms with Crippen molar-refractivity contribution in [2.45, 2.75) is 6.54 Å². The summed E-state index contributed by atoms with van der Waals surface area (Å²) >= 11 is 2.74. The topological polar surface area (TPSA) is 102 Å². The number of nitro groups is 1. The first-order valence-corrected chi connectivity index (χ1v) is 8.48. The van der Waals surface area contributed by atoms with Crippen LogP contribution in [0.5, 0.6) is 0 Å². The van der Waals surface area contributed by atoms with E-state index in [1.807, 2.05) is 5.38 Å². The first-order valence-electron chi connectivity index (χ1n) is 6.72. The summed E-state index contributed by atoms with van der Waals surface area (Å²) in [6, 6.07) is 7.60. The van der Waals surface area contributed by atoms with Crippen molar-refractivity contribution in [3.05, 3.63) is 72.3 Å². The molecule has 0 fully saturated rings. The molecule has 3 aromatic rings. The van der Waals surface area contributed by atoms with Gasteiger partial charge < -0.3 is 9.73 Å². The van der Waals surface area contributed by atoms with Crippen LogP contribution in [0.25, 0.3) is 0 Å². The van der Waals surface area contributed by atoms with E-state index < -0.39 is 16.7 Å². The Kier molecular flexibility index (Phi) is 4.54. The summed E-state index contributed by atoms with van der Waals surface area (Å²) in [5, 5.41) is 16.8. The van der Waals surface area contributed by atoms with E-state index in [0.29, 0.717) is 10.4 Å². The van der Waals surface area contributed by atoms with Gasteiger partial charge in [0, 0.05) is 15.8 Å². The normalized spacial score (nSPS) is 10.5. The average molecular weight is 362 g/mol. The number of carbonyl (C=O) groups excluding carboxylic acids is 2. The number of nitrogens with one attached hydrogen (secondary N) is 1. The highest BCUT2D eigenvalue weighted by Crippen LogP contribution is 2.21. The molecule has 0 unspecified atom stereocenters. The number of carbonyl (C=O) groups is 2. The van der Waals surface area contributed by atoms with Crippen LogP contribution in [0.15, 0.2) is 45.5 Å². The number of nitrogens with zero attached hydrogens (tertiary/aromatic N) is 1. The number of hydrogen-bond donors (Lipinski definition) is 1. The maximum atomic E-state index is 12.2. The number of rotatable bonds is 6. The molecule has 122 valence electrons. The van der Waals surface area contributed by atoms with Gasteiger partial charge in [-0.2, -0.15) is 11.3 Å². The van der Waals surface area contributed by atoms with Crippen molar-refractivity contribution in [3.8, 4) is 0 Å².